The van der Waals surface area contributed by atoms with Gasteiger partial charge in [-0.1, -0.05) is 17.7 Å². The molecule has 3 aliphatic heterocycles. The molecule has 0 radical (unpaired) electrons. The van der Waals surface area contributed by atoms with Crippen molar-refractivity contribution in [1.82, 2.24) is 24.9 Å². The zero-order chi connectivity index (χ0) is 34.7. The maximum Gasteiger partial charge on any atom is 0.416 e. The molecule has 2 N–H and O–H groups in total. The van der Waals surface area contributed by atoms with Gasteiger partial charge in [0.05, 0.1) is 33.6 Å². The minimum absolute atomic E-state index is 0.0587. The monoisotopic (exact) mass is 696 g/mol. The topological polar surface area (TPSA) is 134 Å². The van der Waals surface area contributed by atoms with Crippen molar-refractivity contribution in [2.75, 3.05) is 18.4 Å². The van der Waals surface area contributed by atoms with E-state index in [1.54, 1.807) is 23.0 Å². The Morgan fingerprint density at radius 3 is 2.39 bits per heavy atom. The zero-order valence-corrected chi connectivity index (χ0v) is 26.9. The summed E-state index contributed by atoms with van der Waals surface area (Å²) in [6, 6.07) is 6.97. The first-order valence-electron chi connectivity index (χ1n) is 16.1. The number of hydrogen-bond donors (Lipinski definition) is 2. The lowest BCUT2D eigenvalue weighted by Gasteiger charge is -2.40. The first-order valence-corrected chi connectivity index (χ1v) is 16.5. The third-order valence-electron chi connectivity index (χ3n) is 10.2. The number of aromatic nitrogens is 2. The summed E-state index contributed by atoms with van der Waals surface area (Å²) in [5.74, 6) is -2.31. The predicted octanol–water partition coefficient (Wildman–Crippen LogP) is 4.85. The van der Waals surface area contributed by atoms with Crippen LogP contribution < -0.4 is 10.6 Å². The molecule has 5 amide bonds. The van der Waals surface area contributed by atoms with Crippen molar-refractivity contribution in [2.24, 2.45) is 0 Å². The van der Waals surface area contributed by atoms with Crippen LogP contribution in [0.2, 0.25) is 5.02 Å². The number of carbonyl (C=O) groups excluding carboxylic acids is 5. The van der Waals surface area contributed by atoms with Crippen molar-refractivity contribution in [2.45, 2.75) is 75.2 Å². The number of carbonyl (C=O) groups is 5. The fourth-order valence-electron chi connectivity index (χ4n) is 7.18. The lowest BCUT2D eigenvalue weighted by molar-refractivity contribution is -0.138. The summed E-state index contributed by atoms with van der Waals surface area (Å²) < 4.78 is 40.9. The highest BCUT2D eigenvalue weighted by molar-refractivity contribution is 6.33. The molecule has 3 fully saturated rings. The van der Waals surface area contributed by atoms with Gasteiger partial charge in [0.25, 0.3) is 17.7 Å². The maximum absolute atomic E-state index is 13.5. The number of hydrogen-bond acceptors (Lipinski definition) is 7. The van der Waals surface area contributed by atoms with Crippen molar-refractivity contribution >= 4 is 46.8 Å². The molecule has 1 atom stereocenters. The van der Waals surface area contributed by atoms with Crippen LogP contribution in [-0.4, -0.2) is 68.2 Å². The lowest BCUT2D eigenvalue weighted by Crippen LogP contribution is -2.54. The van der Waals surface area contributed by atoms with Gasteiger partial charge in [-0.15, -0.1) is 0 Å². The van der Waals surface area contributed by atoms with Gasteiger partial charge in [-0.05, 0) is 99.0 Å². The average Bonchev–Trinajstić information content (AvgIpc) is 3.61. The van der Waals surface area contributed by atoms with Crippen LogP contribution in [0.15, 0.2) is 48.8 Å². The van der Waals surface area contributed by atoms with Crippen LogP contribution >= 0.6 is 11.6 Å². The Kier molecular flexibility index (Phi) is 8.34. The fraction of sp³-hybridized carbons (Fsp3) is 0.412. The van der Waals surface area contributed by atoms with E-state index in [0.29, 0.717) is 19.4 Å². The van der Waals surface area contributed by atoms with E-state index in [9.17, 15) is 37.1 Å². The molecule has 0 bridgehead atoms. The summed E-state index contributed by atoms with van der Waals surface area (Å²) in [6.07, 6.45) is 2.82. The number of amides is 5. The number of alkyl halides is 3. The number of nitrogens with zero attached hydrogens (tertiary/aromatic N) is 4. The molecule has 4 aliphatic rings. The first-order chi connectivity index (χ1) is 23.3. The van der Waals surface area contributed by atoms with Crippen LogP contribution in [0.5, 0.6) is 0 Å². The minimum Gasteiger partial charge on any atom is -0.323 e. The standard InChI is InChI=1S/C34H32ClF3N6O5/c35-25-15-22(34(36,37)38)3-5-26(25)40-32(49)33(10-1-11-33)43-18-21(16-39-43)20-8-12-42(13-9-20)17-19-2-4-23-24(14-19)31(48)44(30(23)47)27-6-7-28(45)41-29(27)46/h2-5,14-16,18,20,27H,1,6-13,17H2,(H,40,49)(H,41,45,46). The van der Waals surface area contributed by atoms with Crippen LogP contribution in [0.4, 0.5) is 18.9 Å². The second kappa shape index (κ2) is 12.4. The number of rotatable bonds is 7. The third-order valence-corrected chi connectivity index (χ3v) is 10.5. The normalized spacial score (nSPS) is 21.4. The number of piperidine rings is 2. The Morgan fingerprint density at radius 2 is 1.73 bits per heavy atom. The second-order valence-corrected chi connectivity index (χ2v) is 13.5. The molecule has 1 aliphatic carbocycles. The summed E-state index contributed by atoms with van der Waals surface area (Å²) in [6.45, 7) is 2.09. The van der Waals surface area contributed by atoms with Crippen molar-refractivity contribution in [3.05, 3.63) is 81.6 Å². The van der Waals surface area contributed by atoms with Crippen molar-refractivity contribution < 1.29 is 37.1 Å². The number of fused-ring (bicyclic) bond motifs is 1. The first kappa shape index (κ1) is 33.0. The van der Waals surface area contributed by atoms with Crippen LogP contribution in [0.1, 0.15) is 88.3 Å². The van der Waals surface area contributed by atoms with Gasteiger partial charge >= 0.3 is 6.18 Å². The van der Waals surface area contributed by atoms with Gasteiger partial charge in [0, 0.05) is 19.2 Å². The summed E-state index contributed by atoms with van der Waals surface area (Å²) in [4.78, 5) is 66.8. The average molecular weight is 697 g/mol. The smallest absolute Gasteiger partial charge is 0.323 e. The number of imide groups is 2. The number of nitrogens with one attached hydrogen (secondary N) is 2. The molecule has 15 heteroatoms. The molecule has 49 heavy (non-hydrogen) atoms. The Hall–Kier alpha value is -4.56. The highest BCUT2D eigenvalue weighted by Gasteiger charge is 2.48. The fourth-order valence-corrected chi connectivity index (χ4v) is 7.41. The number of likely N-dealkylation sites (tertiary alicyclic amines) is 1. The van der Waals surface area contributed by atoms with Gasteiger partial charge in [-0.25, -0.2) is 0 Å². The Bertz CT molecular complexity index is 1880. The van der Waals surface area contributed by atoms with Gasteiger partial charge < -0.3 is 5.32 Å². The van der Waals surface area contributed by atoms with Crippen molar-refractivity contribution in [1.29, 1.82) is 0 Å². The molecule has 2 aromatic carbocycles. The van der Waals surface area contributed by atoms with Gasteiger partial charge in [0.15, 0.2) is 0 Å². The molecule has 3 aromatic rings. The van der Waals surface area contributed by atoms with E-state index in [2.05, 4.69) is 20.6 Å². The molecule has 1 unspecified atom stereocenters. The summed E-state index contributed by atoms with van der Waals surface area (Å²) in [7, 11) is 0. The maximum atomic E-state index is 13.5. The molecular weight excluding hydrogens is 665 g/mol. The molecule has 1 saturated carbocycles. The lowest BCUT2D eigenvalue weighted by atomic mass is 9.76. The Labute approximate surface area is 283 Å². The predicted molar refractivity (Wildman–Crippen MR) is 170 cm³/mol. The number of halogens is 4. The molecule has 11 nitrogen and oxygen atoms in total. The van der Waals surface area contributed by atoms with E-state index in [0.717, 1.165) is 66.6 Å². The molecular formula is C34H32ClF3N6O5. The molecule has 0 spiro atoms. The van der Waals surface area contributed by atoms with Gasteiger partial charge in [-0.2, -0.15) is 18.3 Å². The molecule has 4 heterocycles. The molecule has 2 saturated heterocycles. The Morgan fingerprint density at radius 1 is 1.00 bits per heavy atom. The summed E-state index contributed by atoms with van der Waals surface area (Å²) >= 11 is 6.09. The highest BCUT2D eigenvalue weighted by atomic mass is 35.5. The van der Waals surface area contributed by atoms with Crippen LogP contribution in [0.25, 0.3) is 0 Å². The van der Waals surface area contributed by atoms with Gasteiger partial charge in [0.1, 0.15) is 11.6 Å². The van der Waals surface area contributed by atoms with E-state index >= 15 is 0 Å². The SMILES string of the molecule is O=C1CCC(N2C(=O)c3ccc(CN4CCC(c5cnn(C6(C(=O)Nc7ccc(C(F)(F)F)cc7Cl)CCC6)c5)CC4)cc3C2=O)C(=O)N1. The molecule has 7 rings (SSSR count). The number of anilines is 1. The minimum atomic E-state index is -4.55. The van der Waals surface area contributed by atoms with E-state index in [1.165, 1.54) is 0 Å². The van der Waals surface area contributed by atoms with Crippen LogP contribution in [0.3, 0.4) is 0 Å². The summed E-state index contributed by atoms with van der Waals surface area (Å²) in [5.41, 5.74) is 0.624. The van der Waals surface area contributed by atoms with Crippen LogP contribution in [0, 0.1) is 0 Å². The van der Waals surface area contributed by atoms with E-state index in [1.807, 2.05) is 12.3 Å². The van der Waals surface area contributed by atoms with Gasteiger partial charge in [-0.3, -0.25) is 43.8 Å². The van der Waals surface area contributed by atoms with E-state index < -0.39 is 46.9 Å². The second-order valence-electron chi connectivity index (χ2n) is 13.1. The van der Waals surface area contributed by atoms with E-state index in [-0.39, 0.29) is 46.5 Å². The number of benzene rings is 2. The van der Waals surface area contributed by atoms with Crippen molar-refractivity contribution in [3.8, 4) is 0 Å². The molecule has 1 aromatic heterocycles. The zero-order valence-electron chi connectivity index (χ0n) is 26.2. The van der Waals surface area contributed by atoms with E-state index in [4.69, 9.17) is 11.6 Å². The highest BCUT2D eigenvalue weighted by Crippen LogP contribution is 2.42. The van der Waals surface area contributed by atoms with Crippen LogP contribution in [-0.2, 0) is 32.6 Å². The quantitative estimate of drug-likeness (QED) is 0.338. The third kappa shape index (κ3) is 6.01. The largest absolute Gasteiger partial charge is 0.416 e. The van der Waals surface area contributed by atoms with Gasteiger partial charge in [0.2, 0.25) is 11.8 Å². The van der Waals surface area contributed by atoms with Crippen molar-refractivity contribution in [3.63, 3.8) is 0 Å². The summed E-state index contributed by atoms with van der Waals surface area (Å²) in [5, 5.41) is 9.28. The Balaban J connectivity index is 0.969. The molecule has 256 valence electrons.